The molecule has 0 bridgehead atoms. The molecule has 0 aliphatic rings. The van der Waals surface area contributed by atoms with Gasteiger partial charge in [-0.05, 0) is 96.3 Å². The Morgan fingerprint density at radius 1 is 0.318 bits per heavy atom. The zero-order valence-electron chi connectivity index (χ0n) is 42.9. The van der Waals surface area contributed by atoms with Crippen LogP contribution in [0.15, 0.2) is 97.2 Å². The van der Waals surface area contributed by atoms with Crippen molar-refractivity contribution in [2.45, 2.75) is 252 Å². The van der Waals surface area contributed by atoms with E-state index in [9.17, 15) is 14.4 Å². The smallest absolute Gasteiger partial charge is 0.306 e. The molecule has 0 heterocycles. The Labute approximate surface area is 407 Å². The lowest BCUT2D eigenvalue weighted by Gasteiger charge is -2.18. The zero-order chi connectivity index (χ0) is 47.9. The van der Waals surface area contributed by atoms with Crippen molar-refractivity contribution in [3.05, 3.63) is 97.2 Å². The lowest BCUT2D eigenvalue weighted by atomic mass is 10.1. The number of rotatable bonds is 48. The third-order valence-corrected chi connectivity index (χ3v) is 11.3. The minimum absolute atomic E-state index is 0.0874. The van der Waals surface area contributed by atoms with E-state index in [1.807, 2.05) is 0 Å². The van der Waals surface area contributed by atoms with E-state index in [1.165, 1.54) is 70.6 Å². The van der Waals surface area contributed by atoms with Crippen molar-refractivity contribution in [3.63, 3.8) is 0 Å². The number of ether oxygens (including phenoxy) is 3. The molecule has 0 fully saturated rings. The number of carbonyl (C=O) groups excluding carboxylic acids is 3. The number of esters is 3. The molecule has 0 rings (SSSR count). The predicted octanol–water partition coefficient (Wildman–Crippen LogP) is 18.1. The van der Waals surface area contributed by atoms with Gasteiger partial charge in [0.2, 0.25) is 0 Å². The maximum atomic E-state index is 12.8. The summed E-state index contributed by atoms with van der Waals surface area (Å²) in [5.74, 6) is -0.921. The molecule has 0 N–H and O–H groups in total. The lowest BCUT2D eigenvalue weighted by molar-refractivity contribution is -0.167. The van der Waals surface area contributed by atoms with Gasteiger partial charge in [-0.15, -0.1) is 0 Å². The summed E-state index contributed by atoms with van der Waals surface area (Å²) in [6.07, 6.45) is 71.1. The normalized spacial score (nSPS) is 12.8. The molecule has 6 nitrogen and oxygen atoms in total. The van der Waals surface area contributed by atoms with Gasteiger partial charge >= 0.3 is 17.9 Å². The Balaban J connectivity index is 4.31. The molecule has 1 unspecified atom stereocenters. The highest BCUT2D eigenvalue weighted by atomic mass is 16.6. The van der Waals surface area contributed by atoms with E-state index in [-0.39, 0.29) is 31.1 Å². The minimum atomic E-state index is -0.789. The highest BCUT2D eigenvalue weighted by Gasteiger charge is 2.19. The maximum Gasteiger partial charge on any atom is 0.306 e. The molecule has 0 aromatic heterocycles. The molecule has 376 valence electrons. The van der Waals surface area contributed by atoms with Crippen LogP contribution in [0.2, 0.25) is 0 Å². The average molecular weight is 917 g/mol. The van der Waals surface area contributed by atoms with E-state index in [1.54, 1.807) is 0 Å². The van der Waals surface area contributed by atoms with Crippen molar-refractivity contribution in [1.82, 2.24) is 0 Å². The van der Waals surface area contributed by atoms with Gasteiger partial charge in [-0.3, -0.25) is 14.4 Å². The summed E-state index contributed by atoms with van der Waals surface area (Å²) in [4.78, 5) is 37.9. The van der Waals surface area contributed by atoms with Crippen LogP contribution < -0.4 is 0 Å². The quantitative estimate of drug-likeness (QED) is 0.0262. The van der Waals surface area contributed by atoms with E-state index in [0.29, 0.717) is 19.3 Å². The lowest BCUT2D eigenvalue weighted by Crippen LogP contribution is -2.30. The molecule has 0 aromatic carbocycles. The third-order valence-electron chi connectivity index (χ3n) is 11.3. The van der Waals surface area contributed by atoms with Gasteiger partial charge in [0.15, 0.2) is 6.10 Å². The minimum Gasteiger partial charge on any atom is -0.462 e. The first-order valence-electron chi connectivity index (χ1n) is 27.2. The molecule has 0 aliphatic heterocycles. The summed E-state index contributed by atoms with van der Waals surface area (Å²) in [6.45, 7) is 6.43. The molecule has 0 saturated carbocycles. The van der Waals surface area contributed by atoms with Gasteiger partial charge in [0.05, 0.1) is 0 Å². The average Bonchev–Trinajstić information content (AvgIpc) is 3.31. The van der Waals surface area contributed by atoms with Crippen LogP contribution in [0, 0.1) is 0 Å². The molecular formula is C60H100O6. The van der Waals surface area contributed by atoms with Crippen LogP contribution in [0.1, 0.15) is 245 Å². The summed E-state index contributed by atoms with van der Waals surface area (Å²) in [5.41, 5.74) is 0. The third kappa shape index (κ3) is 51.3. The van der Waals surface area contributed by atoms with E-state index in [0.717, 1.165) is 135 Å². The van der Waals surface area contributed by atoms with E-state index in [2.05, 4.69) is 118 Å². The number of hydrogen-bond donors (Lipinski definition) is 0. The molecule has 6 heteroatoms. The molecule has 0 aromatic rings. The van der Waals surface area contributed by atoms with Crippen LogP contribution >= 0.6 is 0 Å². The zero-order valence-corrected chi connectivity index (χ0v) is 42.9. The molecule has 0 saturated heterocycles. The van der Waals surface area contributed by atoms with Gasteiger partial charge in [-0.25, -0.2) is 0 Å². The summed E-state index contributed by atoms with van der Waals surface area (Å²) in [6, 6.07) is 0. The monoisotopic (exact) mass is 917 g/mol. The van der Waals surface area contributed by atoms with E-state index < -0.39 is 6.10 Å². The maximum absolute atomic E-state index is 12.8. The number of hydrogen-bond acceptors (Lipinski definition) is 6. The van der Waals surface area contributed by atoms with Crippen LogP contribution in [0.5, 0.6) is 0 Å². The summed E-state index contributed by atoms with van der Waals surface area (Å²) in [7, 11) is 0. The van der Waals surface area contributed by atoms with Crippen LogP contribution in [-0.2, 0) is 28.6 Å². The Hall–Kier alpha value is -3.67. The first kappa shape index (κ1) is 62.3. The van der Waals surface area contributed by atoms with Gasteiger partial charge in [-0.2, -0.15) is 0 Å². The Morgan fingerprint density at radius 2 is 0.606 bits per heavy atom. The fourth-order valence-electron chi connectivity index (χ4n) is 7.23. The second-order valence-corrected chi connectivity index (χ2v) is 17.8. The van der Waals surface area contributed by atoms with Crippen molar-refractivity contribution < 1.29 is 28.6 Å². The highest BCUT2D eigenvalue weighted by Crippen LogP contribution is 2.14. The molecule has 66 heavy (non-hydrogen) atoms. The summed E-state index contributed by atoms with van der Waals surface area (Å²) in [5, 5.41) is 0. The predicted molar refractivity (Wildman–Crippen MR) is 284 cm³/mol. The van der Waals surface area contributed by atoms with Crippen molar-refractivity contribution >= 4 is 17.9 Å². The van der Waals surface area contributed by atoms with Gasteiger partial charge < -0.3 is 14.2 Å². The number of unbranched alkanes of at least 4 members (excludes halogenated alkanes) is 21. The Morgan fingerprint density at radius 3 is 0.970 bits per heavy atom. The van der Waals surface area contributed by atoms with Crippen molar-refractivity contribution in [2.75, 3.05) is 13.2 Å². The fraction of sp³-hybridized carbons (Fsp3) is 0.683. The first-order valence-corrected chi connectivity index (χ1v) is 27.2. The van der Waals surface area contributed by atoms with Gasteiger partial charge in [0, 0.05) is 19.3 Å². The van der Waals surface area contributed by atoms with E-state index in [4.69, 9.17) is 14.2 Å². The Bertz CT molecular complexity index is 1330. The fourth-order valence-corrected chi connectivity index (χ4v) is 7.23. The molecular weight excluding hydrogens is 817 g/mol. The largest absolute Gasteiger partial charge is 0.462 e. The van der Waals surface area contributed by atoms with Gasteiger partial charge in [-0.1, -0.05) is 227 Å². The van der Waals surface area contributed by atoms with Crippen LogP contribution in [0.25, 0.3) is 0 Å². The SMILES string of the molecule is CC/C=C\C/C=C\C/C=C\C/C=C\C/C=C\C/C=C\CCCCCCCCC(=O)OCC(COC(=O)CCCCCCCCCCC)OC(=O)CCCCCCC/C=C\C/C=C\CCCC. The molecule has 0 aliphatic carbocycles. The van der Waals surface area contributed by atoms with Crippen LogP contribution in [0.4, 0.5) is 0 Å². The van der Waals surface area contributed by atoms with E-state index >= 15 is 0 Å². The van der Waals surface area contributed by atoms with Crippen LogP contribution in [-0.4, -0.2) is 37.2 Å². The molecule has 0 spiro atoms. The standard InChI is InChI=1S/C60H100O6/c1-4-7-10-13-16-19-21-23-25-26-27-28-29-30-31-32-33-34-35-37-38-41-44-47-50-53-59(62)65-56-57(55-64-58(61)52-49-46-43-40-18-15-12-9-6-3)66-60(63)54-51-48-45-42-39-36-24-22-20-17-14-11-8-5-2/h7,10,14,16-17,19,22-25,27-28,30-31,33-34,57H,4-6,8-9,11-13,15,18,20-21,26,29,32,35-56H2,1-3H3/b10-7-,17-14-,19-16-,24-22-,25-23-,28-27-,31-30-,34-33-. The second-order valence-electron chi connectivity index (χ2n) is 17.8. The Kier molecular flexibility index (Phi) is 50.9. The van der Waals surface area contributed by atoms with Crippen molar-refractivity contribution in [3.8, 4) is 0 Å². The molecule has 0 amide bonds. The van der Waals surface area contributed by atoms with Crippen molar-refractivity contribution in [2.24, 2.45) is 0 Å². The van der Waals surface area contributed by atoms with Gasteiger partial charge in [0.25, 0.3) is 0 Å². The summed E-state index contributed by atoms with van der Waals surface area (Å²) >= 11 is 0. The number of carbonyl (C=O) groups is 3. The molecule has 0 radical (unpaired) electrons. The molecule has 1 atom stereocenters. The van der Waals surface area contributed by atoms with Crippen molar-refractivity contribution in [1.29, 1.82) is 0 Å². The summed E-state index contributed by atoms with van der Waals surface area (Å²) < 4.78 is 16.8. The first-order chi connectivity index (χ1) is 32.5. The van der Waals surface area contributed by atoms with Crippen LogP contribution in [0.3, 0.4) is 0 Å². The second kappa shape index (κ2) is 53.9. The van der Waals surface area contributed by atoms with Gasteiger partial charge in [0.1, 0.15) is 13.2 Å². The topological polar surface area (TPSA) is 78.9 Å². The highest BCUT2D eigenvalue weighted by molar-refractivity contribution is 5.71. The number of allylic oxidation sites excluding steroid dienone is 16.